The zero-order chi connectivity index (χ0) is 16.0. The van der Waals surface area contributed by atoms with Crippen molar-refractivity contribution in [3.05, 3.63) is 52.6 Å². The molecular weight excluding hydrogens is 290 g/mol. The summed E-state index contributed by atoms with van der Waals surface area (Å²) in [5, 5.41) is 0. The van der Waals surface area contributed by atoms with Crippen molar-refractivity contribution in [1.29, 1.82) is 0 Å². The first kappa shape index (κ1) is 14.4. The molecule has 4 N–H and O–H groups in total. The van der Waals surface area contributed by atoms with Crippen LogP contribution >= 0.6 is 0 Å². The third-order valence-corrected chi connectivity index (χ3v) is 5.12. The Kier molecular flexibility index (Phi) is 3.25. The number of benzene rings is 1. The van der Waals surface area contributed by atoms with Crippen LogP contribution in [0.2, 0.25) is 0 Å². The van der Waals surface area contributed by atoms with Crippen LogP contribution in [0, 0.1) is 5.41 Å². The van der Waals surface area contributed by atoms with Gasteiger partial charge in [-0.1, -0.05) is 12.1 Å². The van der Waals surface area contributed by atoms with Crippen molar-refractivity contribution < 1.29 is 0 Å². The first-order valence-corrected chi connectivity index (χ1v) is 7.98. The Hall–Kier alpha value is -2.18. The minimum atomic E-state index is -0.362. The summed E-state index contributed by atoms with van der Waals surface area (Å²) in [7, 11) is 0. The van der Waals surface area contributed by atoms with Crippen LogP contribution in [0.4, 0.5) is 5.82 Å². The maximum absolute atomic E-state index is 11.9. The second-order valence-electron chi connectivity index (χ2n) is 6.81. The molecule has 23 heavy (non-hydrogen) atoms. The lowest BCUT2D eigenvalue weighted by Gasteiger charge is -2.16. The molecule has 2 aliphatic rings. The van der Waals surface area contributed by atoms with Crippen LogP contribution in [0.5, 0.6) is 0 Å². The van der Waals surface area contributed by atoms with Crippen LogP contribution < -0.4 is 17.2 Å². The van der Waals surface area contributed by atoms with Gasteiger partial charge in [-0.15, -0.1) is 0 Å². The first-order chi connectivity index (χ1) is 11.1. The van der Waals surface area contributed by atoms with Gasteiger partial charge >= 0.3 is 5.69 Å². The molecule has 1 aliphatic heterocycles. The van der Waals surface area contributed by atoms with Crippen LogP contribution in [0.3, 0.4) is 0 Å². The maximum Gasteiger partial charge on any atom is 0.354 e. The maximum atomic E-state index is 11.9. The van der Waals surface area contributed by atoms with Gasteiger partial charge in [-0.05, 0) is 42.0 Å². The minimum absolute atomic E-state index is 0.238. The van der Waals surface area contributed by atoms with Crippen molar-refractivity contribution in [3.8, 4) is 5.69 Å². The van der Waals surface area contributed by atoms with Gasteiger partial charge in [-0.25, -0.2) is 4.79 Å². The van der Waals surface area contributed by atoms with E-state index in [1.165, 1.54) is 23.0 Å². The minimum Gasteiger partial charge on any atom is -0.383 e. The van der Waals surface area contributed by atoms with Crippen LogP contribution in [-0.2, 0) is 6.54 Å². The molecule has 1 atom stereocenters. The number of nitrogen functional groups attached to an aromatic ring is 1. The fourth-order valence-electron chi connectivity index (χ4n) is 3.54. The molecule has 2 heterocycles. The van der Waals surface area contributed by atoms with Crippen molar-refractivity contribution in [2.75, 3.05) is 18.8 Å². The predicted molar refractivity (Wildman–Crippen MR) is 89.2 cm³/mol. The first-order valence-electron chi connectivity index (χ1n) is 7.98. The average Bonchev–Trinajstić information content (AvgIpc) is 3.22. The smallest absolute Gasteiger partial charge is 0.354 e. The van der Waals surface area contributed by atoms with Crippen molar-refractivity contribution >= 4 is 5.82 Å². The summed E-state index contributed by atoms with van der Waals surface area (Å²) in [6.45, 7) is 2.99. The zero-order valence-electron chi connectivity index (χ0n) is 13.0. The Bertz CT molecular complexity index is 778. The Balaban J connectivity index is 1.49. The summed E-state index contributed by atoms with van der Waals surface area (Å²) in [4.78, 5) is 18.1. The number of likely N-dealkylation sites (tertiary alicyclic amines) is 1. The molecule has 1 aromatic carbocycles. The third kappa shape index (κ3) is 2.64. The van der Waals surface area contributed by atoms with E-state index in [1.54, 1.807) is 12.3 Å². The molecule has 1 aliphatic carbocycles. The molecule has 2 aromatic rings. The van der Waals surface area contributed by atoms with Crippen LogP contribution in [0.15, 0.2) is 41.3 Å². The quantitative estimate of drug-likeness (QED) is 0.872. The standard InChI is InChI=1S/C17H21N5O/c18-14-10-21(11-17(14)6-7-17)9-12-1-3-13(4-2-12)22-8-5-15(19)20-16(22)23/h1-5,8,14H,6-7,9-11,18H2,(H2,19,20,23)/t14-/m1/s1. The number of rotatable bonds is 3. The number of aromatic nitrogens is 2. The van der Waals surface area contributed by atoms with E-state index in [0.717, 1.165) is 25.3 Å². The SMILES string of the molecule is Nc1ccn(-c2ccc(CN3C[C@@H](N)C4(CC4)C3)cc2)c(=O)n1. The highest BCUT2D eigenvalue weighted by molar-refractivity contribution is 5.36. The van der Waals surface area contributed by atoms with Crippen molar-refractivity contribution in [1.82, 2.24) is 14.5 Å². The van der Waals surface area contributed by atoms with Gasteiger partial charge in [-0.2, -0.15) is 4.98 Å². The van der Waals surface area contributed by atoms with Gasteiger partial charge in [0.05, 0.1) is 5.69 Å². The summed E-state index contributed by atoms with van der Waals surface area (Å²) >= 11 is 0. The zero-order valence-corrected chi connectivity index (χ0v) is 13.0. The number of hydrogen-bond donors (Lipinski definition) is 2. The summed E-state index contributed by atoms with van der Waals surface area (Å²) in [6.07, 6.45) is 4.20. The van der Waals surface area contributed by atoms with E-state index >= 15 is 0 Å². The fourth-order valence-corrected chi connectivity index (χ4v) is 3.54. The number of hydrogen-bond acceptors (Lipinski definition) is 5. The Morgan fingerprint density at radius 1 is 1.22 bits per heavy atom. The summed E-state index contributed by atoms with van der Waals surface area (Å²) in [5.74, 6) is 0.238. The van der Waals surface area contributed by atoms with E-state index in [9.17, 15) is 4.79 Å². The lowest BCUT2D eigenvalue weighted by Crippen LogP contribution is -2.30. The van der Waals surface area contributed by atoms with Crippen LogP contribution in [-0.4, -0.2) is 33.6 Å². The molecule has 0 bridgehead atoms. The lowest BCUT2D eigenvalue weighted by molar-refractivity contribution is 0.312. The monoisotopic (exact) mass is 311 g/mol. The van der Waals surface area contributed by atoms with E-state index in [1.807, 2.05) is 12.1 Å². The van der Waals surface area contributed by atoms with Gasteiger partial charge < -0.3 is 11.5 Å². The molecule has 1 saturated heterocycles. The van der Waals surface area contributed by atoms with Gasteiger partial charge in [0, 0.05) is 31.9 Å². The summed E-state index contributed by atoms with van der Waals surface area (Å²) < 4.78 is 1.49. The van der Waals surface area contributed by atoms with Crippen molar-refractivity contribution in [2.24, 2.45) is 11.1 Å². The van der Waals surface area contributed by atoms with E-state index < -0.39 is 0 Å². The largest absolute Gasteiger partial charge is 0.383 e. The molecular formula is C17H21N5O. The molecule has 0 radical (unpaired) electrons. The Morgan fingerprint density at radius 2 is 1.96 bits per heavy atom. The topological polar surface area (TPSA) is 90.2 Å². The Labute approximate surface area is 134 Å². The third-order valence-electron chi connectivity index (χ3n) is 5.12. The molecule has 6 nitrogen and oxygen atoms in total. The van der Waals surface area contributed by atoms with Crippen molar-refractivity contribution in [2.45, 2.75) is 25.4 Å². The Morgan fingerprint density at radius 3 is 2.57 bits per heavy atom. The molecule has 120 valence electrons. The molecule has 6 heteroatoms. The fraction of sp³-hybridized carbons (Fsp3) is 0.412. The van der Waals surface area contributed by atoms with Gasteiger partial charge in [-0.3, -0.25) is 9.47 Å². The molecule has 0 unspecified atom stereocenters. The second kappa shape index (κ2) is 5.18. The number of nitrogens with zero attached hydrogens (tertiary/aromatic N) is 3. The highest BCUT2D eigenvalue weighted by Gasteiger charge is 2.53. The predicted octanol–water partition coefficient (Wildman–Crippen LogP) is 0.738. The highest BCUT2D eigenvalue weighted by atomic mass is 16.1. The van der Waals surface area contributed by atoms with Crippen LogP contribution in [0.25, 0.3) is 5.69 Å². The van der Waals surface area contributed by atoms with E-state index in [0.29, 0.717) is 11.5 Å². The van der Waals surface area contributed by atoms with E-state index in [4.69, 9.17) is 11.5 Å². The molecule has 1 spiro atoms. The molecule has 1 aromatic heterocycles. The van der Waals surface area contributed by atoms with Gasteiger partial charge in [0.25, 0.3) is 0 Å². The molecule has 0 amide bonds. The second-order valence-corrected chi connectivity index (χ2v) is 6.81. The van der Waals surface area contributed by atoms with E-state index in [-0.39, 0.29) is 11.5 Å². The molecule has 2 fully saturated rings. The average molecular weight is 311 g/mol. The van der Waals surface area contributed by atoms with Crippen LogP contribution in [0.1, 0.15) is 18.4 Å². The van der Waals surface area contributed by atoms with E-state index in [2.05, 4.69) is 22.0 Å². The van der Waals surface area contributed by atoms with Gasteiger partial charge in [0.2, 0.25) is 0 Å². The summed E-state index contributed by atoms with van der Waals surface area (Å²) in [5.41, 5.74) is 13.8. The van der Waals surface area contributed by atoms with Gasteiger partial charge in [0.1, 0.15) is 5.82 Å². The number of nitrogens with two attached hydrogens (primary N) is 2. The van der Waals surface area contributed by atoms with Gasteiger partial charge in [0.15, 0.2) is 0 Å². The molecule has 1 saturated carbocycles. The molecule has 4 rings (SSSR count). The lowest BCUT2D eigenvalue weighted by atomic mass is 10.0. The normalized spacial score (nSPS) is 22.6. The highest BCUT2D eigenvalue weighted by Crippen LogP contribution is 2.52. The number of anilines is 1. The van der Waals surface area contributed by atoms with Crippen molar-refractivity contribution in [3.63, 3.8) is 0 Å². The summed E-state index contributed by atoms with van der Waals surface area (Å²) in [6, 6.07) is 9.94.